The number of hydrogen-bond acceptors (Lipinski definition) is 1. The van der Waals surface area contributed by atoms with Crippen molar-refractivity contribution in [1.82, 2.24) is 0 Å². The molecule has 0 radical (unpaired) electrons. The van der Waals surface area contributed by atoms with Gasteiger partial charge in [-0.1, -0.05) is 34.1 Å². The molecule has 1 unspecified atom stereocenters. The molecule has 0 saturated heterocycles. The highest BCUT2D eigenvalue weighted by Crippen LogP contribution is 2.34. The molecule has 0 aromatic heterocycles. The fourth-order valence-corrected chi connectivity index (χ4v) is 1.73. The van der Waals surface area contributed by atoms with Gasteiger partial charge in [0.25, 0.3) is 0 Å². The van der Waals surface area contributed by atoms with Crippen LogP contribution in [0.2, 0.25) is 0 Å². The first-order valence-corrected chi connectivity index (χ1v) is 5.39. The van der Waals surface area contributed by atoms with Gasteiger partial charge in [-0.3, -0.25) is 4.99 Å². The first kappa shape index (κ1) is 12.7. The van der Waals surface area contributed by atoms with Crippen LogP contribution in [0.3, 0.4) is 0 Å². The largest absolute Gasteiger partial charge is 0.291 e. The van der Waals surface area contributed by atoms with Crippen LogP contribution in [0.4, 0.5) is 0 Å². The van der Waals surface area contributed by atoms with Crippen LogP contribution in [0, 0.1) is 5.41 Å². The average molecular weight is 183 g/mol. The van der Waals surface area contributed by atoms with Gasteiger partial charge in [0.05, 0.1) is 5.54 Å². The highest BCUT2D eigenvalue weighted by molar-refractivity contribution is 5.54. The molecule has 0 saturated carbocycles. The van der Waals surface area contributed by atoms with Crippen molar-refractivity contribution in [2.75, 3.05) is 0 Å². The predicted molar refractivity (Wildman–Crippen MR) is 61.6 cm³/mol. The zero-order valence-corrected chi connectivity index (χ0v) is 10.1. The summed E-state index contributed by atoms with van der Waals surface area (Å²) in [6.45, 7) is 13.4. The summed E-state index contributed by atoms with van der Waals surface area (Å²) in [4.78, 5) is 4.58. The Morgan fingerprint density at radius 2 is 1.62 bits per heavy atom. The summed E-state index contributed by atoms with van der Waals surface area (Å²) in [5.41, 5.74) is 0.561. The van der Waals surface area contributed by atoms with Crippen LogP contribution in [0.1, 0.15) is 60.8 Å². The predicted octanol–water partition coefficient (Wildman–Crippen LogP) is 4.07. The molecular formula is C12H25N. The van der Waals surface area contributed by atoms with Crippen LogP contribution < -0.4 is 0 Å². The minimum Gasteiger partial charge on any atom is -0.291 e. The highest BCUT2D eigenvalue weighted by Gasteiger charge is 2.28. The molecule has 0 aliphatic heterocycles. The minimum absolute atomic E-state index is 0.147. The first-order valence-electron chi connectivity index (χ1n) is 5.39. The van der Waals surface area contributed by atoms with Crippen molar-refractivity contribution in [2.24, 2.45) is 10.4 Å². The third kappa shape index (κ3) is 4.44. The van der Waals surface area contributed by atoms with Crippen LogP contribution >= 0.6 is 0 Å². The van der Waals surface area contributed by atoms with Crippen molar-refractivity contribution in [3.63, 3.8) is 0 Å². The molecule has 13 heavy (non-hydrogen) atoms. The van der Waals surface area contributed by atoms with Gasteiger partial charge in [0.2, 0.25) is 0 Å². The maximum Gasteiger partial charge on any atom is 0.0578 e. The van der Waals surface area contributed by atoms with Gasteiger partial charge in [-0.25, -0.2) is 0 Å². The van der Waals surface area contributed by atoms with Crippen molar-refractivity contribution in [3.05, 3.63) is 0 Å². The average Bonchev–Trinajstić information content (AvgIpc) is 2.04. The summed E-state index contributed by atoms with van der Waals surface area (Å²) in [5, 5.41) is 0. The monoisotopic (exact) mass is 183 g/mol. The molecule has 0 amide bonds. The minimum atomic E-state index is 0.147. The zero-order chi connectivity index (χ0) is 10.5. The van der Waals surface area contributed by atoms with E-state index in [-0.39, 0.29) is 5.54 Å². The summed E-state index contributed by atoms with van der Waals surface area (Å²) in [6.07, 6.45) is 5.47. The summed E-state index contributed by atoms with van der Waals surface area (Å²) in [6, 6.07) is 0. The van der Waals surface area contributed by atoms with Gasteiger partial charge in [0, 0.05) is 0 Å². The number of aliphatic imine (C=N–C) groups is 1. The lowest BCUT2D eigenvalue weighted by molar-refractivity contribution is 0.235. The maximum absolute atomic E-state index is 4.58. The van der Waals surface area contributed by atoms with Gasteiger partial charge in [-0.05, 0) is 38.3 Å². The van der Waals surface area contributed by atoms with Crippen molar-refractivity contribution >= 4 is 6.21 Å². The van der Waals surface area contributed by atoms with Gasteiger partial charge in [-0.2, -0.15) is 0 Å². The van der Waals surface area contributed by atoms with Crippen LogP contribution in [0.15, 0.2) is 4.99 Å². The van der Waals surface area contributed by atoms with Gasteiger partial charge in [-0.15, -0.1) is 0 Å². The second kappa shape index (κ2) is 4.78. The molecule has 1 nitrogen and oxygen atoms in total. The smallest absolute Gasteiger partial charge is 0.0578 e. The topological polar surface area (TPSA) is 12.4 Å². The summed E-state index contributed by atoms with van der Waals surface area (Å²) < 4.78 is 0. The third-order valence-electron chi connectivity index (χ3n) is 3.02. The Hall–Kier alpha value is -0.330. The fourth-order valence-electron chi connectivity index (χ4n) is 1.73. The molecule has 0 bridgehead atoms. The number of rotatable bonds is 5. The fraction of sp³-hybridized carbons (Fsp3) is 0.917. The second-order valence-electron chi connectivity index (χ2n) is 4.93. The maximum atomic E-state index is 4.58. The summed E-state index contributed by atoms with van der Waals surface area (Å²) in [7, 11) is 0. The molecule has 0 N–H and O–H groups in total. The molecule has 78 valence electrons. The Morgan fingerprint density at radius 3 is 1.92 bits per heavy atom. The van der Waals surface area contributed by atoms with E-state index in [0.29, 0.717) is 5.41 Å². The van der Waals surface area contributed by atoms with Crippen molar-refractivity contribution in [1.29, 1.82) is 0 Å². The second-order valence-corrected chi connectivity index (χ2v) is 4.93. The summed E-state index contributed by atoms with van der Waals surface area (Å²) >= 11 is 0. The van der Waals surface area contributed by atoms with E-state index in [4.69, 9.17) is 0 Å². The van der Waals surface area contributed by atoms with E-state index in [1.165, 1.54) is 12.8 Å². The van der Waals surface area contributed by atoms with Crippen molar-refractivity contribution in [2.45, 2.75) is 66.3 Å². The van der Waals surface area contributed by atoms with E-state index in [2.05, 4.69) is 39.6 Å². The van der Waals surface area contributed by atoms with Crippen LogP contribution in [0.5, 0.6) is 0 Å². The molecule has 0 spiro atoms. The lowest BCUT2D eigenvalue weighted by Crippen LogP contribution is -2.29. The Balaban J connectivity index is 4.43. The molecular weight excluding hydrogens is 158 g/mol. The molecule has 0 heterocycles. The standard InChI is InChI=1S/C12H25N/c1-7-11(4,5)10-12(6,8-2)13-9-3/h9H,7-8,10H2,1-6H3. The van der Waals surface area contributed by atoms with Crippen LogP contribution in [-0.4, -0.2) is 11.8 Å². The van der Waals surface area contributed by atoms with Crippen molar-refractivity contribution < 1.29 is 0 Å². The van der Waals surface area contributed by atoms with Gasteiger partial charge < -0.3 is 0 Å². The molecule has 0 aromatic carbocycles. The SMILES string of the molecule is CC=NC(C)(CC)CC(C)(C)CC. The van der Waals surface area contributed by atoms with E-state index in [0.717, 1.165) is 6.42 Å². The quantitative estimate of drug-likeness (QED) is 0.570. The van der Waals surface area contributed by atoms with E-state index < -0.39 is 0 Å². The van der Waals surface area contributed by atoms with Gasteiger partial charge in [0.15, 0.2) is 0 Å². The number of hydrogen-bond donors (Lipinski definition) is 0. The van der Waals surface area contributed by atoms with Gasteiger partial charge in [0.1, 0.15) is 0 Å². The Morgan fingerprint density at radius 1 is 1.08 bits per heavy atom. The molecule has 1 atom stereocenters. The molecule has 0 aliphatic carbocycles. The Labute approximate surface area is 83.6 Å². The molecule has 1 heteroatoms. The summed E-state index contributed by atoms with van der Waals surface area (Å²) in [5.74, 6) is 0. The van der Waals surface area contributed by atoms with E-state index >= 15 is 0 Å². The molecule has 0 fully saturated rings. The Kier molecular flexibility index (Phi) is 4.66. The first-order chi connectivity index (χ1) is 5.89. The van der Waals surface area contributed by atoms with Crippen molar-refractivity contribution in [3.8, 4) is 0 Å². The molecule has 0 aromatic rings. The zero-order valence-electron chi connectivity index (χ0n) is 10.1. The van der Waals surface area contributed by atoms with Crippen LogP contribution in [0.25, 0.3) is 0 Å². The lowest BCUT2D eigenvalue weighted by Gasteiger charge is -2.33. The highest BCUT2D eigenvalue weighted by atomic mass is 14.8. The van der Waals surface area contributed by atoms with E-state index in [9.17, 15) is 0 Å². The number of nitrogens with zero attached hydrogens (tertiary/aromatic N) is 1. The van der Waals surface area contributed by atoms with E-state index in [1.54, 1.807) is 0 Å². The molecule has 0 aliphatic rings. The Bertz CT molecular complexity index is 170. The third-order valence-corrected chi connectivity index (χ3v) is 3.02. The van der Waals surface area contributed by atoms with Crippen LogP contribution in [-0.2, 0) is 0 Å². The molecule has 0 rings (SSSR count). The normalized spacial score (nSPS) is 17.7. The van der Waals surface area contributed by atoms with E-state index in [1.807, 2.05) is 13.1 Å². The van der Waals surface area contributed by atoms with Gasteiger partial charge >= 0.3 is 0 Å². The lowest BCUT2D eigenvalue weighted by atomic mass is 9.76.